The van der Waals surface area contributed by atoms with Gasteiger partial charge >= 0.3 is 0 Å². The first kappa shape index (κ1) is 10.1. The van der Waals surface area contributed by atoms with Crippen LogP contribution in [0.25, 0.3) is 16.5 Å². The molecule has 2 nitrogen and oxygen atoms in total. The number of aryl methyl sites for hydroxylation is 1. The molecule has 1 aliphatic rings. The Kier molecular flexibility index (Phi) is 2.41. The fourth-order valence-electron chi connectivity index (χ4n) is 2.16. The molecule has 0 aliphatic heterocycles. The maximum Gasteiger partial charge on any atom is 0.100 e. The molecule has 17 heavy (non-hydrogen) atoms. The molecule has 0 saturated heterocycles. The van der Waals surface area contributed by atoms with Crippen LogP contribution in [0.2, 0.25) is 0 Å². The lowest BCUT2D eigenvalue weighted by Gasteiger charge is -1.96. The molecule has 0 fully saturated rings. The third-order valence-electron chi connectivity index (χ3n) is 3.01. The molecule has 1 aromatic carbocycles. The standard InChI is InChI=1S/C15H14N2/c1-17-14-11-7-6-10-13(14)15(16-17)12-8-4-2-3-5-9-12/h2,4-11H,3H2,1H3. The van der Waals surface area contributed by atoms with E-state index < -0.39 is 0 Å². The van der Waals surface area contributed by atoms with Gasteiger partial charge in [-0.05, 0) is 12.5 Å². The molecular formula is C15H14N2. The molecule has 1 aromatic heterocycles. The summed E-state index contributed by atoms with van der Waals surface area (Å²) >= 11 is 0. The Balaban J connectivity index is 2.24. The number of rotatable bonds is 1. The van der Waals surface area contributed by atoms with E-state index in [-0.39, 0.29) is 0 Å². The molecule has 2 aromatic rings. The fourth-order valence-corrected chi connectivity index (χ4v) is 2.16. The van der Waals surface area contributed by atoms with E-state index in [9.17, 15) is 0 Å². The van der Waals surface area contributed by atoms with E-state index in [1.165, 1.54) is 16.5 Å². The second-order valence-electron chi connectivity index (χ2n) is 4.18. The number of nitrogens with zero attached hydrogens (tertiary/aromatic N) is 2. The van der Waals surface area contributed by atoms with Crippen LogP contribution in [0.3, 0.4) is 0 Å². The first-order valence-corrected chi connectivity index (χ1v) is 5.82. The summed E-state index contributed by atoms with van der Waals surface area (Å²) in [5.41, 5.74) is 3.41. The van der Waals surface area contributed by atoms with Gasteiger partial charge in [0.15, 0.2) is 0 Å². The molecule has 0 radical (unpaired) electrons. The molecule has 2 heteroatoms. The van der Waals surface area contributed by atoms with Crippen LogP contribution in [-0.2, 0) is 7.05 Å². The minimum absolute atomic E-state index is 0.991. The molecule has 0 spiro atoms. The van der Waals surface area contributed by atoms with Crippen LogP contribution in [0.5, 0.6) is 0 Å². The van der Waals surface area contributed by atoms with Gasteiger partial charge in [0.05, 0.1) is 5.52 Å². The van der Waals surface area contributed by atoms with Crippen molar-refractivity contribution < 1.29 is 0 Å². The molecule has 0 amide bonds. The van der Waals surface area contributed by atoms with E-state index >= 15 is 0 Å². The number of para-hydroxylation sites is 1. The van der Waals surface area contributed by atoms with Crippen molar-refractivity contribution in [2.75, 3.05) is 0 Å². The Morgan fingerprint density at radius 2 is 2.06 bits per heavy atom. The van der Waals surface area contributed by atoms with E-state index in [0.29, 0.717) is 0 Å². The first-order valence-electron chi connectivity index (χ1n) is 5.82. The summed E-state index contributed by atoms with van der Waals surface area (Å²) < 4.78 is 1.94. The van der Waals surface area contributed by atoms with Gasteiger partial charge in [0.2, 0.25) is 0 Å². The van der Waals surface area contributed by atoms with Gasteiger partial charge in [-0.2, -0.15) is 5.10 Å². The molecule has 0 N–H and O–H groups in total. The van der Waals surface area contributed by atoms with Gasteiger partial charge in [-0.25, -0.2) is 0 Å². The second-order valence-corrected chi connectivity index (χ2v) is 4.18. The number of hydrogen-bond donors (Lipinski definition) is 0. The van der Waals surface area contributed by atoms with E-state index in [0.717, 1.165) is 12.1 Å². The average molecular weight is 222 g/mol. The summed E-state index contributed by atoms with van der Waals surface area (Å²) in [6.07, 6.45) is 11.7. The zero-order chi connectivity index (χ0) is 11.7. The number of benzene rings is 1. The molecule has 1 heterocycles. The van der Waals surface area contributed by atoms with Gasteiger partial charge < -0.3 is 0 Å². The van der Waals surface area contributed by atoms with Crippen molar-refractivity contribution in [3.63, 3.8) is 0 Å². The van der Waals surface area contributed by atoms with Crippen molar-refractivity contribution in [3.8, 4) is 0 Å². The largest absolute Gasteiger partial charge is 0.267 e. The second kappa shape index (κ2) is 4.06. The van der Waals surface area contributed by atoms with Crippen LogP contribution in [0.1, 0.15) is 12.1 Å². The van der Waals surface area contributed by atoms with Crippen LogP contribution in [0.4, 0.5) is 0 Å². The molecule has 0 unspecified atom stereocenters. The van der Waals surface area contributed by atoms with Crippen molar-refractivity contribution >= 4 is 16.5 Å². The number of aromatic nitrogens is 2. The Bertz CT molecular complexity index is 642. The fraction of sp³-hybridized carbons (Fsp3) is 0.133. The lowest BCUT2D eigenvalue weighted by molar-refractivity contribution is 0.792. The van der Waals surface area contributed by atoms with Crippen molar-refractivity contribution in [2.24, 2.45) is 7.05 Å². The monoisotopic (exact) mass is 222 g/mol. The number of hydrogen-bond acceptors (Lipinski definition) is 1. The highest BCUT2D eigenvalue weighted by Crippen LogP contribution is 2.25. The van der Waals surface area contributed by atoms with Gasteiger partial charge in [0.25, 0.3) is 0 Å². The van der Waals surface area contributed by atoms with E-state index in [1.54, 1.807) is 0 Å². The molecule has 3 rings (SSSR count). The van der Waals surface area contributed by atoms with E-state index in [4.69, 9.17) is 0 Å². The average Bonchev–Trinajstić information content (AvgIpc) is 2.57. The predicted molar refractivity (Wildman–Crippen MR) is 71.6 cm³/mol. The summed E-state index contributed by atoms with van der Waals surface area (Å²) in [6.45, 7) is 0. The highest BCUT2D eigenvalue weighted by Gasteiger charge is 2.10. The maximum absolute atomic E-state index is 4.62. The Morgan fingerprint density at radius 1 is 1.18 bits per heavy atom. The van der Waals surface area contributed by atoms with Gasteiger partial charge in [-0.1, -0.05) is 48.6 Å². The van der Waals surface area contributed by atoms with Crippen molar-refractivity contribution in [1.82, 2.24) is 9.78 Å². The number of fused-ring (bicyclic) bond motifs is 1. The van der Waals surface area contributed by atoms with Gasteiger partial charge in [0.1, 0.15) is 5.69 Å². The normalized spacial score (nSPS) is 15.0. The molecular weight excluding hydrogens is 208 g/mol. The smallest absolute Gasteiger partial charge is 0.100 e. The van der Waals surface area contributed by atoms with Gasteiger partial charge in [-0.3, -0.25) is 4.68 Å². The predicted octanol–water partition coefficient (Wildman–Crippen LogP) is 3.47. The Labute approximate surface area is 101 Å². The molecule has 84 valence electrons. The molecule has 0 atom stereocenters. The van der Waals surface area contributed by atoms with Crippen LogP contribution in [0.15, 0.2) is 54.6 Å². The van der Waals surface area contributed by atoms with Gasteiger partial charge in [-0.15, -0.1) is 0 Å². The maximum atomic E-state index is 4.62. The van der Waals surface area contributed by atoms with Crippen LogP contribution in [0, 0.1) is 0 Å². The van der Waals surface area contributed by atoms with Gasteiger partial charge in [0, 0.05) is 18.0 Å². The van der Waals surface area contributed by atoms with Crippen molar-refractivity contribution in [1.29, 1.82) is 0 Å². The van der Waals surface area contributed by atoms with Crippen molar-refractivity contribution in [2.45, 2.75) is 6.42 Å². The minimum atomic E-state index is 0.991. The SMILES string of the molecule is Cn1nc(C2=CC=CCC=C2)c2ccccc21. The summed E-state index contributed by atoms with van der Waals surface area (Å²) in [7, 11) is 1.99. The highest BCUT2D eigenvalue weighted by atomic mass is 15.3. The zero-order valence-electron chi connectivity index (χ0n) is 9.80. The third kappa shape index (κ3) is 1.72. The summed E-state index contributed by atoms with van der Waals surface area (Å²) in [5.74, 6) is 0. The Morgan fingerprint density at radius 3 is 3.00 bits per heavy atom. The first-order chi connectivity index (χ1) is 8.36. The zero-order valence-corrected chi connectivity index (χ0v) is 9.80. The van der Waals surface area contributed by atoms with E-state index in [2.05, 4.69) is 53.7 Å². The van der Waals surface area contributed by atoms with Crippen molar-refractivity contribution in [3.05, 3.63) is 60.3 Å². The molecule has 0 saturated carbocycles. The molecule has 0 bridgehead atoms. The topological polar surface area (TPSA) is 17.8 Å². The summed E-state index contributed by atoms with van der Waals surface area (Å²) in [6, 6.07) is 8.33. The van der Waals surface area contributed by atoms with E-state index in [1.807, 2.05) is 17.8 Å². The third-order valence-corrected chi connectivity index (χ3v) is 3.01. The summed E-state index contributed by atoms with van der Waals surface area (Å²) in [4.78, 5) is 0. The van der Waals surface area contributed by atoms with Crippen LogP contribution >= 0.6 is 0 Å². The quantitative estimate of drug-likeness (QED) is 0.722. The summed E-state index contributed by atoms with van der Waals surface area (Å²) in [5, 5.41) is 5.83. The lowest BCUT2D eigenvalue weighted by atomic mass is 10.1. The minimum Gasteiger partial charge on any atom is -0.267 e. The van der Waals surface area contributed by atoms with Crippen LogP contribution in [-0.4, -0.2) is 9.78 Å². The highest BCUT2D eigenvalue weighted by molar-refractivity contribution is 5.93. The lowest BCUT2D eigenvalue weighted by Crippen LogP contribution is -1.90. The van der Waals surface area contributed by atoms with Crippen LogP contribution < -0.4 is 0 Å². The Hall–Kier alpha value is -2.09. The number of allylic oxidation sites excluding steroid dienone is 6. The molecule has 1 aliphatic carbocycles.